The van der Waals surface area contributed by atoms with E-state index in [0.29, 0.717) is 11.6 Å². The lowest BCUT2D eigenvalue weighted by Gasteiger charge is -2.20. The first-order valence-electron chi connectivity index (χ1n) is 8.06. The molecule has 2 aromatic rings. The molecule has 0 radical (unpaired) electrons. The number of carbonyl (C=O) groups is 1. The van der Waals surface area contributed by atoms with E-state index in [1.165, 1.54) is 0 Å². The fourth-order valence-corrected chi connectivity index (χ4v) is 3.38. The monoisotopic (exact) mass is 362 g/mol. The van der Waals surface area contributed by atoms with Crippen LogP contribution in [0.2, 0.25) is 5.02 Å². The van der Waals surface area contributed by atoms with Crippen LogP contribution in [0, 0.1) is 0 Å². The smallest absolute Gasteiger partial charge is 0.233 e. The second-order valence-electron chi connectivity index (χ2n) is 5.52. The Hall–Kier alpha value is -1.65. The molecule has 1 N–H and O–H groups in total. The summed E-state index contributed by atoms with van der Waals surface area (Å²) in [5.74, 6) is 0.0823. The predicted octanol–water partition coefficient (Wildman–Crippen LogP) is 4.46. The SMILES string of the molecule is CC[C@@H](Sc1ccc(Cl)cc1)C(=O)NCCN(C)c1ccccc1. The van der Waals surface area contributed by atoms with Crippen molar-refractivity contribution in [3.63, 3.8) is 0 Å². The molecule has 0 fully saturated rings. The molecule has 0 unspecified atom stereocenters. The Morgan fingerprint density at radius 1 is 1.17 bits per heavy atom. The van der Waals surface area contributed by atoms with Gasteiger partial charge in [0.15, 0.2) is 0 Å². The van der Waals surface area contributed by atoms with Crippen LogP contribution in [0.25, 0.3) is 0 Å². The van der Waals surface area contributed by atoms with Crippen LogP contribution in [0.3, 0.4) is 0 Å². The van der Waals surface area contributed by atoms with Gasteiger partial charge in [0.05, 0.1) is 5.25 Å². The van der Waals surface area contributed by atoms with E-state index < -0.39 is 0 Å². The van der Waals surface area contributed by atoms with Gasteiger partial charge in [-0.1, -0.05) is 36.7 Å². The number of hydrogen-bond acceptors (Lipinski definition) is 3. The van der Waals surface area contributed by atoms with Gasteiger partial charge in [-0.05, 0) is 42.8 Å². The number of anilines is 1. The number of thioether (sulfide) groups is 1. The number of nitrogens with zero attached hydrogens (tertiary/aromatic N) is 1. The van der Waals surface area contributed by atoms with E-state index in [2.05, 4.69) is 22.3 Å². The highest BCUT2D eigenvalue weighted by molar-refractivity contribution is 8.00. The molecule has 24 heavy (non-hydrogen) atoms. The van der Waals surface area contributed by atoms with Crippen LogP contribution >= 0.6 is 23.4 Å². The van der Waals surface area contributed by atoms with Crippen LogP contribution in [-0.2, 0) is 4.79 Å². The summed E-state index contributed by atoms with van der Waals surface area (Å²) < 4.78 is 0. The standard InChI is InChI=1S/C19H23ClN2OS/c1-3-18(24-17-11-9-15(20)10-12-17)19(23)21-13-14-22(2)16-7-5-4-6-8-16/h4-12,18H,3,13-14H2,1-2H3,(H,21,23)/t18-/m1/s1. The van der Waals surface area contributed by atoms with Gasteiger partial charge in [-0.15, -0.1) is 11.8 Å². The summed E-state index contributed by atoms with van der Waals surface area (Å²) in [4.78, 5) is 15.6. The van der Waals surface area contributed by atoms with Crippen molar-refractivity contribution in [2.24, 2.45) is 0 Å². The fraction of sp³-hybridized carbons (Fsp3) is 0.316. The molecule has 0 aliphatic rings. The first kappa shape index (κ1) is 18.7. The number of para-hydroxylation sites is 1. The zero-order valence-electron chi connectivity index (χ0n) is 14.0. The molecule has 0 aromatic heterocycles. The van der Waals surface area contributed by atoms with E-state index >= 15 is 0 Å². The molecule has 0 saturated carbocycles. The van der Waals surface area contributed by atoms with Crippen LogP contribution in [0.4, 0.5) is 5.69 Å². The number of halogens is 1. The van der Waals surface area contributed by atoms with Gasteiger partial charge in [0.2, 0.25) is 5.91 Å². The minimum atomic E-state index is -0.0896. The van der Waals surface area contributed by atoms with Crippen molar-refractivity contribution in [2.75, 3.05) is 25.0 Å². The molecular formula is C19H23ClN2OS. The summed E-state index contributed by atoms with van der Waals surface area (Å²) in [5, 5.41) is 3.66. The van der Waals surface area contributed by atoms with Crippen molar-refractivity contribution in [3.05, 3.63) is 59.6 Å². The highest BCUT2D eigenvalue weighted by Gasteiger charge is 2.17. The zero-order valence-corrected chi connectivity index (χ0v) is 15.6. The molecule has 1 amide bonds. The average Bonchev–Trinajstić information content (AvgIpc) is 2.61. The third kappa shape index (κ3) is 5.77. The topological polar surface area (TPSA) is 32.3 Å². The van der Waals surface area contributed by atoms with Gasteiger partial charge in [-0.3, -0.25) is 4.79 Å². The lowest BCUT2D eigenvalue weighted by Crippen LogP contribution is -2.37. The maximum Gasteiger partial charge on any atom is 0.233 e. The van der Waals surface area contributed by atoms with E-state index in [0.717, 1.165) is 23.5 Å². The van der Waals surface area contributed by atoms with Gasteiger partial charge >= 0.3 is 0 Å². The normalized spacial score (nSPS) is 11.8. The first-order chi connectivity index (χ1) is 11.6. The average molecular weight is 363 g/mol. The molecule has 1 atom stereocenters. The number of carbonyl (C=O) groups excluding carboxylic acids is 1. The zero-order chi connectivity index (χ0) is 17.4. The summed E-state index contributed by atoms with van der Waals surface area (Å²) in [6.07, 6.45) is 0.785. The Labute approximate surface area is 153 Å². The van der Waals surface area contributed by atoms with E-state index in [9.17, 15) is 4.79 Å². The summed E-state index contributed by atoms with van der Waals surface area (Å²) in [7, 11) is 2.03. The maximum absolute atomic E-state index is 12.4. The summed E-state index contributed by atoms with van der Waals surface area (Å²) in [5.41, 5.74) is 1.15. The number of rotatable bonds is 8. The third-order valence-electron chi connectivity index (χ3n) is 3.70. The number of nitrogens with one attached hydrogen (secondary N) is 1. The van der Waals surface area contributed by atoms with E-state index in [1.54, 1.807) is 11.8 Å². The van der Waals surface area contributed by atoms with Crippen molar-refractivity contribution in [1.82, 2.24) is 5.32 Å². The van der Waals surface area contributed by atoms with Gasteiger partial charge < -0.3 is 10.2 Å². The van der Waals surface area contributed by atoms with Crippen LogP contribution in [-0.4, -0.2) is 31.3 Å². The van der Waals surface area contributed by atoms with Gasteiger partial charge in [0, 0.05) is 35.7 Å². The lowest BCUT2D eigenvalue weighted by molar-refractivity contribution is -0.120. The molecular weight excluding hydrogens is 340 g/mol. The number of benzene rings is 2. The summed E-state index contributed by atoms with van der Waals surface area (Å²) in [6.45, 7) is 3.43. The second-order valence-corrected chi connectivity index (χ2v) is 7.23. The van der Waals surface area contributed by atoms with Crippen molar-refractivity contribution in [3.8, 4) is 0 Å². The molecule has 5 heteroatoms. The molecule has 0 spiro atoms. The van der Waals surface area contributed by atoms with Crippen molar-refractivity contribution in [1.29, 1.82) is 0 Å². The lowest BCUT2D eigenvalue weighted by atomic mass is 10.3. The molecule has 0 aliphatic heterocycles. The predicted molar refractivity (Wildman–Crippen MR) is 104 cm³/mol. The van der Waals surface area contributed by atoms with Gasteiger partial charge in [0.1, 0.15) is 0 Å². The van der Waals surface area contributed by atoms with E-state index in [1.807, 2.05) is 56.4 Å². The van der Waals surface area contributed by atoms with Crippen molar-refractivity contribution >= 4 is 35.0 Å². The number of likely N-dealkylation sites (N-methyl/N-ethyl adjacent to an activating group) is 1. The Balaban J connectivity index is 1.80. The molecule has 2 rings (SSSR count). The van der Waals surface area contributed by atoms with E-state index in [-0.39, 0.29) is 11.2 Å². The quantitative estimate of drug-likeness (QED) is 0.703. The fourth-order valence-electron chi connectivity index (χ4n) is 2.27. The van der Waals surface area contributed by atoms with Crippen molar-refractivity contribution in [2.45, 2.75) is 23.5 Å². The van der Waals surface area contributed by atoms with Gasteiger partial charge in [-0.25, -0.2) is 0 Å². The van der Waals surface area contributed by atoms with Crippen LogP contribution in [0.5, 0.6) is 0 Å². The molecule has 2 aromatic carbocycles. The largest absolute Gasteiger partial charge is 0.373 e. The Bertz CT molecular complexity index is 634. The minimum Gasteiger partial charge on any atom is -0.373 e. The Morgan fingerprint density at radius 2 is 1.83 bits per heavy atom. The van der Waals surface area contributed by atoms with Gasteiger partial charge in [-0.2, -0.15) is 0 Å². The Kier molecular flexibility index (Phi) is 7.47. The molecule has 0 aliphatic carbocycles. The number of hydrogen-bond donors (Lipinski definition) is 1. The molecule has 0 bridgehead atoms. The molecule has 3 nitrogen and oxygen atoms in total. The van der Waals surface area contributed by atoms with Gasteiger partial charge in [0.25, 0.3) is 0 Å². The van der Waals surface area contributed by atoms with E-state index in [4.69, 9.17) is 11.6 Å². The molecule has 128 valence electrons. The van der Waals surface area contributed by atoms with Crippen LogP contribution < -0.4 is 10.2 Å². The highest BCUT2D eigenvalue weighted by Crippen LogP contribution is 2.26. The number of amides is 1. The third-order valence-corrected chi connectivity index (χ3v) is 5.33. The minimum absolute atomic E-state index is 0.0823. The summed E-state index contributed by atoms with van der Waals surface area (Å²) >= 11 is 7.48. The van der Waals surface area contributed by atoms with Crippen molar-refractivity contribution < 1.29 is 4.79 Å². The second kappa shape index (κ2) is 9.60. The maximum atomic E-state index is 12.4. The highest BCUT2D eigenvalue weighted by atomic mass is 35.5. The van der Waals surface area contributed by atoms with Crippen LogP contribution in [0.15, 0.2) is 59.5 Å². The molecule has 0 heterocycles. The van der Waals surface area contributed by atoms with Crippen LogP contribution in [0.1, 0.15) is 13.3 Å². The first-order valence-corrected chi connectivity index (χ1v) is 9.32. The molecule has 0 saturated heterocycles. The summed E-state index contributed by atoms with van der Waals surface area (Å²) in [6, 6.07) is 17.8. The Morgan fingerprint density at radius 3 is 2.46 bits per heavy atom.